The van der Waals surface area contributed by atoms with E-state index >= 15 is 0 Å². The third-order valence-corrected chi connectivity index (χ3v) is 4.47. The van der Waals surface area contributed by atoms with Crippen LogP contribution in [0, 0.1) is 6.92 Å². The first-order valence-electron chi connectivity index (χ1n) is 6.29. The molecule has 1 heterocycles. The van der Waals surface area contributed by atoms with Crippen molar-refractivity contribution < 1.29 is 8.42 Å². The zero-order valence-electron chi connectivity index (χ0n) is 11.7. The predicted octanol–water partition coefficient (Wildman–Crippen LogP) is 1.65. The molecule has 0 aliphatic heterocycles. The standard InChI is InChI=1S/C13H16N4O2S2/c1-3-17-7-11(15-8-17)21(18,19)16-10-6-4-5-9(2)12(10)13(14)20/h4-8,16H,3H2,1-2H3,(H2,14,20). The van der Waals surface area contributed by atoms with Gasteiger partial charge in [0.1, 0.15) is 4.99 Å². The van der Waals surface area contributed by atoms with Crippen LogP contribution in [0.15, 0.2) is 35.7 Å². The van der Waals surface area contributed by atoms with Gasteiger partial charge in [-0.15, -0.1) is 0 Å². The number of rotatable bonds is 5. The lowest BCUT2D eigenvalue weighted by Gasteiger charge is -2.12. The number of aryl methyl sites for hydroxylation is 2. The van der Waals surface area contributed by atoms with Crippen LogP contribution in [0.4, 0.5) is 5.69 Å². The Morgan fingerprint density at radius 2 is 2.19 bits per heavy atom. The van der Waals surface area contributed by atoms with Crippen molar-refractivity contribution in [2.24, 2.45) is 5.73 Å². The molecule has 0 fully saturated rings. The SMILES string of the molecule is CCn1cnc(S(=O)(=O)Nc2cccc(C)c2C(N)=S)c1. The molecule has 21 heavy (non-hydrogen) atoms. The topological polar surface area (TPSA) is 90.0 Å². The summed E-state index contributed by atoms with van der Waals surface area (Å²) in [6.07, 6.45) is 2.94. The minimum Gasteiger partial charge on any atom is -0.389 e. The first kappa shape index (κ1) is 15.5. The highest BCUT2D eigenvalue weighted by atomic mass is 32.2. The largest absolute Gasteiger partial charge is 0.389 e. The highest BCUT2D eigenvalue weighted by Crippen LogP contribution is 2.22. The van der Waals surface area contributed by atoms with Crippen molar-refractivity contribution in [3.63, 3.8) is 0 Å². The van der Waals surface area contributed by atoms with Crippen LogP contribution in [0.25, 0.3) is 0 Å². The molecule has 2 aromatic rings. The van der Waals surface area contributed by atoms with Gasteiger partial charge in [0.25, 0.3) is 10.0 Å². The maximum absolute atomic E-state index is 12.3. The third-order valence-electron chi connectivity index (χ3n) is 3.01. The van der Waals surface area contributed by atoms with E-state index in [9.17, 15) is 8.42 Å². The number of anilines is 1. The monoisotopic (exact) mass is 324 g/mol. The van der Waals surface area contributed by atoms with Crippen LogP contribution in [-0.2, 0) is 16.6 Å². The molecule has 112 valence electrons. The molecule has 0 aliphatic carbocycles. The molecule has 0 bridgehead atoms. The predicted molar refractivity (Wildman–Crippen MR) is 85.8 cm³/mol. The van der Waals surface area contributed by atoms with Gasteiger partial charge in [0.05, 0.1) is 12.0 Å². The zero-order valence-corrected chi connectivity index (χ0v) is 13.3. The van der Waals surface area contributed by atoms with Crippen molar-refractivity contribution in [2.75, 3.05) is 4.72 Å². The molecule has 0 atom stereocenters. The first-order valence-corrected chi connectivity index (χ1v) is 8.18. The van der Waals surface area contributed by atoms with Crippen molar-refractivity contribution in [2.45, 2.75) is 25.4 Å². The summed E-state index contributed by atoms with van der Waals surface area (Å²) in [6.45, 7) is 4.36. The van der Waals surface area contributed by atoms with Gasteiger partial charge in [0, 0.05) is 18.3 Å². The van der Waals surface area contributed by atoms with Gasteiger partial charge < -0.3 is 10.3 Å². The van der Waals surface area contributed by atoms with Crippen molar-refractivity contribution in [1.82, 2.24) is 9.55 Å². The van der Waals surface area contributed by atoms with Crippen LogP contribution < -0.4 is 10.5 Å². The minimum atomic E-state index is -3.77. The van der Waals surface area contributed by atoms with Crippen LogP contribution in [0.5, 0.6) is 0 Å². The third kappa shape index (κ3) is 3.22. The van der Waals surface area contributed by atoms with E-state index in [1.807, 2.05) is 19.9 Å². The van der Waals surface area contributed by atoms with Crippen molar-refractivity contribution in [3.05, 3.63) is 41.9 Å². The van der Waals surface area contributed by atoms with Gasteiger partial charge >= 0.3 is 0 Å². The lowest BCUT2D eigenvalue weighted by molar-refractivity contribution is 0.598. The Kier molecular flexibility index (Phi) is 4.29. The van der Waals surface area contributed by atoms with Crippen LogP contribution >= 0.6 is 12.2 Å². The molecular weight excluding hydrogens is 308 g/mol. The molecule has 0 unspecified atom stereocenters. The molecule has 1 aromatic carbocycles. The van der Waals surface area contributed by atoms with Crippen LogP contribution in [0.1, 0.15) is 18.1 Å². The van der Waals surface area contributed by atoms with Crippen LogP contribution in [-0.4, -0.2) is 23.0 Å². The fourth-order valence-electron chi connectivity index (χ4n) is 1.93. The fraction of sp³-hybridized carbons (Fsp3) is 0.231. The second-order valence-electron chi connectivity index (χ2n) is 4.51. The molecule has 1 aromatic heterocycles. The number of hydrogen-bond donors (Lipinski definition) is 2. The molecule has 3 N–H and O–H groups in total. The molecule has 6 nitrogen and oxygen atoms in total. The van der Waals surface area contributed by atoms with E-state index in [-0.39, 0.29) is 10.0 Å². The molecule has 0 amide bonds. The van der Waals surface area contributed by atoms with Gasteiger partial charge in [-0.2, -0.15) is 8.42 Å². The lowest BCUT2D eigenvalue weighted by atomic mass is 10.1. The maximum atomic E-state index is 12.3. The number of benzene rings is 1. The number of hydrogen-bond acceptors (Lipinski definition) is 4. The van der Waals surface area contributed by atoms with E-state index in [4.69, 9.17) is 18.0 Å². The number of imidazole rings is 1. The second kappa shape index (κ2) is 5.82. The lowest BCUT2D eigenvalue weighted by Crippen LogP contribution is -2.19. The Morgan fingerprint density at radius 1 is 1.48 bits per heavy atom. The maximum Gasteiger partial charge on any atom is 0.280 e. The van der Waals surface area contributed by atoms with E-state index in [2.05, 4.69) is 9.71 Å². The van der Waals surface area contributed by atoms with Gasteiger partial charge in [0.2, 0.25) is 0 Å². The Hall–Kier alpha value is -1.93. The summed E-state index contributed by atoms with van der Waals surface area (Å²) < 4.78 is 28.9. The highest BCUT2D eigenvalue weighted by molar-refractivity contribution is 7.92. The van der Waals surface area contributed by atoms with Gasteiger partial charge in [-0.3, -0.25) is 4.72 Å². The number of nitrogens with two attached hydrogens (primary N) is 1. The van der Waals surface area contributed by atoms with Crippen molar-refractivity contribution in [3.8, 4) is 0 Å². The quantitative estimate of drug-likeness (QED) is 0.816. The first-order chi connectivity index (χ1) is 9.85. The van der Waals surface area contributed by atoms with Gasteiger partial charge in [-0.25, -0.2) is 4.98 Å². The number of aromatic nitrogens is 2. The van der Waals surface area contributed by atoms with Gasteiger partial charge in [0.15, 0.2) is 5.03 Å². The van der Waals surface area contributed by atoms with E-state index < -0.39 is 10.0 Å². The summed E-state index contributed by atoms with van der Waals surface area (Å²) in [7, 11) is -3.77. The van der Waals surface area contributed by atoms with Crippen LogP contribution in [0.2, 0.25) is 0 Å². The fourth-order valence-corrected chi connectivity index (χ4v) is 3.22. The van der Waals surface area contributed by atoms with E-state index in [1.54, 1.807) is 16.7 Å². The normalized spacial score (nSPS) is 11.3. The van der Waals surface area contributed by atoms with Crippen LogP contribution in [0.3, 0.4) is 0 Å². The molecule has 0 radical (unpaired) electrons. The minimum absolute atomic E-state index is 0.0419. The number of sulfonamides is 1. The molecular formula is C13H16N4O2S2. The summed E-state index contributed by atoms with van der Waals surface area (Å²) in [5.41, 5.74) is 7.36. The number of nitrogens with one attached hydrogen (secondary N) is 1. The Balaban J connectivity index is 2.42. The molecule has 8 heteroatoms. The average Bonchev–Trinajstić information content (AvgIpc) is 2.87. The smallest absolute Gasteiger partial charge is 0.280 e. The van der Waals surface area contributed by atoms with Crippen molar-refractivity contribution in [1.29, 1.82) is 0 Å². The number of nitrogens with zero attached hydrogens (tertiary/aromatic N) is 2. The second-order valence-corrected chi connectivity index (χ2v) is 6.58. The molecule has 0 saturated heterocycles. The summed E-state index contributed by atoms with van der Waals surface area (Å²) >= 11 is 4.99. The summed E-state index contributed by atoms with van der Waals surface area (Å²) in [6, 6.07) is 5.17. The molecule has 0 spiro atoms. The Labute approximate surface area is 129 Å². The summed E-state index contributed by atoms with van der Waals surface area (Å²) in [5.74, 6) is 0. The van der Waals surface area contributed by atoms with Gasteiger partial charge in [-0.05, 0) is 25.5 Å². The Bertz CT molecular complexity index is 781. The summed E-state index contributed by atoms with van der Waals surface area (Å²) in [5, 5.41) is -0.0419. The Morgan fingerprint density at radius 3 is 2.76 bits per heavy atom. The van der Waals surface area contributed by atoms with Crippen molar-refractivity contribution >= 4 is 32.9 Å². The van der Waals surface area contributed by atoms with E-state index in [1.165, 1.54) is 12.5 Å². The average molecular weight is 324 g/mol. The molecule has 0 aliphatic rings. The highest BCUT2D eigenvalue weighted by Gasteiger charge is 2.20. The zero-order chi connectivity index (χ0) is 15.6. The molecule has 2 rings (SSSR count). The van der Waals surface area contributed by atoms with E-state index in [0.29, 0.717) is 17.8 Å². The molecule has 0 saturated carbocycles. The number of thiocarbonyl (C=S) groups is 1. The summed E-state index contributed by atoms with van der Waals surface area (Å²) in [4.78, 5) is 4.04. The van der Waals surface area contributed by atoms with Gasteiger partial charge in [-0.1, -0.05) is 24.4 Å². The van der Waals surface area contributed by atoms with E-state index in [0.717, 1.165) is 5.56 Å².